The van der Waals surface area contributed by atoms with E-state index >= 15 is 0 Å². The minimum atomic E-state index is 0.440. The first-order chi connectivity index (χ1) is 13.1. The zero-order chi connectivity index (χ0) is 18.5. The van der Waals surface area contributed by atoms with Gasteiger partial charge in [0.05, 0.1) is 16.7 Å². The number of benzene rings is 1. The van der Waals surface area contributed by atoms with E-state index in [-0.39, 0.29) is 0 Å². The van der Waals surface area contributed by atoms with Gasteiger partial charge >= 0.3 is 0 Å². The minimum absolute atomic E-state index is 0.440. The van der Waals surface area contributed by atoms with Crippen LogP contribution in [0.4, 0.5) is 5.82 Å². The second kappa shape index (κ2) is 6.04. The summed E-state index contributed by atoms with van der Waals surface area (Å²) in [5, 5.41) is 5.00. The van der Waals surface area contributed by atoms with Crippen LogP contribution in [-0.4, -0.2) is 38.2 Å². The summed E-state index contributed by atoms with van der Waals surface area (Å²) in [6, 6.07) is 6.29. The molecular weight excluding hydrogens is 340 g/mol. The van der Waals surface area contributed by atoms with E-state index in [1.807, 2.05) is 13.8 Å². The Morgan fingerprint density at radius 1 is 1.07 bits per heavy atom. The zero-order valence-corrected chi connectivity index (χ0v) is 15.8. The lowest BCUT2D eigenvalue weighted by Gasteiger charge is -2.32. The van der Waals surface area contributed by atoms with Gasteiger partial charge in [-0.1, -0.05) is 17.3 Å². The number of aromatic nitrogens is 5. The highest BCUT2D eigenvalue weighted by Gasteiger charge is 2.26. The topological polar surface area (TPSA) is 83.7 Å². The SMILES string of the molecule is Cc1nc(N2CCC(c3nc4c(C)cccc4[nH]3)CC2)c2c(C)noc2n1. The molecule has 1 aliphatic rings. The van der Waals surface area contributed by atoms with Crippen molar-refractivity contribution < 1.29 is 4.52 Å². The van der Waals surface area contributed by atoms with E-state index in [1.165, 1.54) is 5.56 Å². The first-order valence-electron chi connectivity index (χ1n) is 9.41. The van der Waals surface area contributed by atoms with Crippen LogP contribution in [0.3, 0.4) is 0 Å². The van der Waals surface area contributed by atoms with Gasteiger partial charge in [-0.3, -0.25) is 0 Å². The number of imidazole rings is 1. The Kier molecular flexibility index (Phi) is 3.63. The van der Waals surface area contributed by atoms with Gasteiger partial charge in [-0.15, -0.1) is 0 Å². The molecule has 1 aromatic carbocycles. The summed E-state index contributed by atoms with van der Waals surface area (Å²) in [6.07, 6.45) is 2.07. The largest absolute Gasteiger partial charge is 0.356 e. The van der Waals surface area contributed by atoms with E-state index in [1.54, 1.807) is 0 Å². The van der Waals surface area contributed by atoms with E-state index in [2.05, 4.69) is 45.1 Å². The Labute approximate surface area is 156 Å². The molecule has 0 radical (unpaired) electrons. The molecule has 4 heterocycles. The van der Waals surface area contributed by atoms with Crippen LogP contribution < -0.4 is 4.90 Å². The van der Waals surface area contributed by atoms with Crippen molar-refractivity contribution in [3.8, 4) is 0 Å². The standard InChI is InChI=1S/C20H22N6O/c1-11-5-4-6-15-17(11)24-18(23-15)14-7-9-26(10-8-14)19-16-12(2)25-27-20(16)22-13(3)21-19/h4-6,14H,7-10H2,1-3H3,(H,23,24). The predicted octanol–water partition coefficient (Wildman–Crippen LogP) is 3.80. The monoisotopic (exact) mass is 362 g/mol. The van der Waals surface area contributed by atoms with E-state index in [9.17, 15) is 0 Å². The van der Waals surface area contributed by atoms with Gasteiger partial charge < -0.3 is 14.4 Å². The number of H-pyrrole nitrogens is 1. The number of rotatable bonds is 2. The fourth-order valence-electron chi connectivity index (χ4n) is 4.05. The number of hydrogen-bond donors (Lipinski definition) is 1. The molecule has 0 aliphatic carbocycles. The van der Waals surface area contributed by atoms with E-state index in [0.29, 0.717) is 17.5 Å². The third-order valence-electron chi connectivity index (χ3n) is 5.51. The summed E-state index contributed by atoms with van der Waals surface area (Å²) in [7, 11) is 0. The Balaban J connectivity index is 1.41. The van der Waals surface area contributed by atoms with Crippen molar-refractivity contribution in [2.24, 2.45) is 0 Å². The van der Waals surface area contributed by atoms with E-state index in [4.69, 9.17) is 14.5 Å². The van der Waals surface area contributed by atoms with Crippen molar-refractivity contribution in [2.45, 2.75) is 39.5 Å². The number of nitrogens with zero attached hydrogens (tertiary/aromatic N) is 5. The van der Waals surface area contributed by atoms with Crippen molar-refractivity contribution in [3.05, 3.63) is 41.1 Å². The first-order valence-corrected chi connectivity index (χ1v) is 9.41. The van der Waals surface area contributed by atoms with Crippen LogP contribution >= 0.6 is 0 Å². The van der Waals surface area contributed by atoms with Gasteiger partial charge in [-0.2, -0.15) is 4.98 Å². The molecule has 1 saturated heterocycles. The summed E-state index contributed by atoms with van der Waals surface area (Å²) in [4.78, 5) is 19.8. The fourth-order valence-corrected chi connectivity index (χ4v) is 4.05. The highest BCUT2D eigenvalue weighted by molar-refractivity contribution is 5.88. The molecule has 1 fully saturated rings. The molecule has 0 amide bonds. The number of aryl methyl sites for hydroxylation is 3. The summed E-state index contributed by atoms with van der Waals surface area (Å²) in [5.74, 6) is 3.19. The molecule has 0 spiro atoms. The van der Waals surface area contributed by atoms with Gasteiger partial charge in [0.2, 0.25) is 0 Å². The molecule has 138 valence electrons. The second-order valence-electron chi connectivity index (χ2n) is 7.40. The van der Waals surface area contributed by atoms with Gasteiger partial charge in [0.25, 0.3) is 5.71 Å². The summed E-state index contributed by atoms with van der Waals surface area (Å²) >= 11 is 0. The van der Waals surface area contributed by atoms with Gasteiger partial charge in [-0.05, 0) is 45.2 Å². The second-order valence-corrected chi connectivity index (χ2v) is 7.40. The average Bonchev–Trinajstić information content (AvgIpc) is 3.26. The van der Waals surface area contributed by atoms with Crippen LogP contribution in [0.1, 0.15) is 41.7 Å². The number of hydrogen-bond acceptors (Lipinski definition) is 6. The van der Waals surface area contributed by atoms with Crippen LogP contribution in [0.2, 0.25) is 0 Å². The summed E-state index contributed by atoms with van der Waals surface area (Å²) < 4.78 is 5.35. The molecule has 0 bridgehead atoms. The van der Waals surface area contributed by atoms with Crippen LogP contribution in [0.15, 0.2) is 22.7 Å². The molecule has 27 heavy (non-hydrogen) atoms. The van der Waals surface area contributed by atoms with Crippen molar-refractivity contribution in [3.63, 3.8) is 0 Å². The first kappa shape index (κ1) is 16.2. The Bertz CT molecular complexity index is 1140. The average molecular weight is 362 g/mol. The lowest BCUT2D eigenvalue weighted by Crippen LogP contribution is -2.34. The number of nitrogens with one attached hydrogen (secondary N) is 1. The molecule has 4 aromatic rings. The highest BCUT2D eigenvalue weighted by Crippen LogP contribution is 2.33. The number of aromatic amines is 1. The van der Waals surface area contributed by atoms with Crippen molar-refractivity contribution in [2.75, 3.05) is 18.0 Å². The van der Waals surface area contributed by atoms with Gasteiger partial charge in [0, 0.05) is 19.0 Å². The molecule has 0 atom stereocenters. The summed E-state index contributed by atoms with van der Waals surface area (Å²) in [5.41, 5.74) is 4.85. The zero-order valence-electron chi connectivity index (χ0n) is 15.8. The van der Waals surface area contributed by atoms with E-state index in [0.717, 1.165) is 59.7 Å². The third-order valence-corrected chi connectivity index (χ3v) is 5.51. The molecule has 7 nitrogen and oxygen atoms in total. The molecule has 1 aliphatic heterocycles. The molecule has 0 saturated carbocycles. The van der Waals surface area contributed by atoms with Gasteiger partial charge in [0.15, 0.2) is 0 Å². The normalized spacial score (nSPS) is 15.9. The van der Waals surface area contributed by atoms with Crippen LogP contribution in [-0.2, 0) is 0 Å². The molecule has 1 N–H and O–H groups in total. The van der Waals surface area contributed by atoms with Crippen LogP contribution in [0.5, 0.6) is 0 Å². The van der Waals surface area contributed by atoms with Crippen molar-refractivity contribution in [1.82, 2.24) is 25.1 Å². The quantitative estimate of drug-likeness (QED) is 0.584. The molecule has 0 unspecified atom stereocenters. The smallest absolute Gasteiger partial charge is 0.263 e. The Morgan fingerprint density at radius 2 is 1.89 bits per heavy atom. The molecule has 3 aromatic heterocycles. The van der Waals surface area contributed by atoms with Crippen molar-refractivity contribution in [1.29, 1.82) is 0 Å². The lowest BCUT2D eigenvalue weighted by atomic mass is 9.96. The molecule has 5 rings (SSSR count). The van der Waals surface area contributed by atoms with Gasteiger partial charge in [-0.25, -0.2) is 9.97 Å². The lowest BCUT2D eigenvalue weighted by molar-refractivity contribution is 0.442. The predicted molar refractivity (Wildman–Crippen MR) is 104 cm³/mol. The molecular formula is C20H22N6O. The van der Waals surface area contributed by atoms with Crippen LogP contribution in [0, 0.1) is 20.8 Å². The molecule has 7 heteroatoms. The third kappa shape index (κ3) is 2.65. The number of anilines is 1. The van der Waals surface area contributed by atoms with Crippen LogP contribution in [0.25, 0.3) is 22.1 Å². The number of fused-ring (bicyclic) bond motifs is 2. The summed E-state index contributed by atoms with van der Waals surface area (Å²) in [6.45, 7) is 7.80. The van der Waals surface area contributed by atoms with Crippen molar-refractivity contribution >= 4 is 28.0 Å². The van der Waals surface area contributed by atoms with E-state index < -0.39 is 0 Å². The maximum Gasteiger partial charge on any atom is 0.263 e. The maximum atomic E-state index is 5.35. The number of piperidine rings is 1. The Morgan fingerprint density at radius 3 is 2.67 bits per heavy atom. The minimum Gasteiger partial charge on any atom is -0.356 e. The fraction of sp³-hybridized carbons (Fsp3) is 0.400. The highest BCUT2D eigenvalue weighted by atomic mass is 16.5. The number of para-hydroxylation sites is 1. The van der Waals surface area contributed by atoms with Gasteiger partial charge in [0.1, 0.15) is 22.9 Å². The maximum absolute atomic E-state index is 5.35. The Hall–Kier alpha value is -2.96.